The number of carboxylic acid groups (broad SMARTS) is 1. The van der Waals surface area contributed by atoms with Crippen LogP contribution in [0.5, 0.6) is 0 Å². The maximum Gasteiger partial charge on any atom is 0.326 e. The highest BCUT2D eigenvalue weighted by atomic mass is 35.5. The highest BCUT2D eigenvalue weighted by Gasteiger charge is 2.21. The van der Waals surface area contributed by atoms with Crippen LogP contribution in [0.2, 0.25) is 5.02 Å². The molecule has 5 nitrogen and oxygen atoms in total. The summed E-state index contributed by atoms with van der Waals surface area (Å²) in [6, 6.07) is 6.29. The van der Waals surface area contributed by atoms with Gasteiger partial charge in [-0.2, -0.15) is 0 Å². The predicted molar refractivity (Wildman–Crippen MR) is 89.7 cm³/mol. The van der Waals surface area contributed by atoms with E-state index in [0.717, 1.165) is 5.56 Å². The fourth-order valence-corrected chi connectivity index (χ4v) is 2.04. The maximum atomic E-state index is 11.9. The minimum absolute atomic E-state index is 0.228. The number of carboxylic acids is 1. The Bertz CT molecular complexity index is 522. The Labute approximate surface area is 142 Å². The van der Waals surface area contributed by atoms with Gasteiger partial charge in [-0.3, -0.25) is 4.79 Å². The molecule has 0 heterocycles. The smallest absolute Gasteiger partial charge is 0.326 e. The van der Waals surface area contributed by atoms with Crippen LogP contribution in [0.3, 0.4) is 0 Å². The van der Waals surface area contributed by atoms with Crippen LogP contribution in [-0.2, 0) is 20.7 Å². The molecular weight excluding hydrogens is 318 g/mol. The van der Waals surface area contributed by atoms with Crippen molar-refractivity contribution in [2.24, 2.45) is 0 Å². The molecule has 0 saturated heterocycles. The van der Waals surface area contributed by atoms with Gasteiger partial charge in [-0.05, 0) is 44.9 Å². The third kappa shape index (κ3) is 8.57. The Kier molecular flexibility index (Phi) is 7.52. The first-order valence-corrected chi connectivity index (χ1v) is 7.96. The van der Waals surface area contributed by atoms with E-state index >= 15 is 0 Å². The molecule has 1 unspecified atom stereocenters. The summed E-state index contributed by atoms with van der Waals surface area (Å²) in [5.74, 6) is -1.34. The monoisotopic (exact) mass is 341 g/mol. The molecule has 23 heavy (non-hydrogen) atoms. The molecule has 0 fully saturated rings. The summed E-state index contributed by atoms with van der Waals surface area (Å²) in [5, 5.41) is 12.4. The van der Waals surface area contributed by atoms with Crippen molar-refractivity contribution < 1.29 is 19.4 Å². The van der Waals surface area contributed by atoms with Gasteiger partial charge in [0.05, 0.1) is 5.60 Å². The third-order valence-electron chi connectivity index (χ3n) is 3.13. The van der Waals surface area contributed by atoms with Crippen molar-refractivity contribution in [3.63, 3.8) is 0 Å². The molecule has 1 aromatic rings. The second kappa shape index (κ2) is 8.89. The summed E-state index contributed by atoms with van der Waals surface area (Å²) < 4.78 is 5.50. The molecule has 2 N–H and O–H groups in total. The van der Waals surface area contributed by atoms with Gasteiger partial charge < -0.3 is 15.2 Å². The van der Waals surface area contributed by atoms with Crippen LogP contribution in [0.4, 0.5) is 0 Å². The zero-order valence-corrected chi connectivity index (χ0v) is 14.5. The van der Waals surface area contributed by atoms with E-state index in [1.54, 1.807) is 12.1 Å². The molecular formula is C17H24ClNO4. The first-order chi connectivity index (χ1) is 10.7. The summed E-state index contributed by atoms with van der Waals surface area (Å²) in [5.41, 5.74) is 0.647. The Morgan fingerprint density at radius 3 is 2.39 bits per heavy atom. The lowest BCUT2D eigenvalue weighted by Gasteiger charge is -2.21. The van der Waals surface area contributed by atoms with Crippen LogP contribution in [0.25, 0.3) is 0 Å². The van der Waals surface area contributed by atoms with E-state index in [0.29, 0.717) is 11.4 Å². The lowest BCUT2D eigenvalue weighted by Crippen LogP contribution is -2.42. The number of amides is 1. The number of aryl methyl sites for hydroxylation is 1. The number of hydrogen-bond acceptors (Lipinski definition) is 3. The van der Waals surface area contributed by atoms with E-state index in [-0.39, 0.29) is 31.0 Å². The highest BCUT2D eigenvalue weighted by molar-refractivity contribution is 6.30. The second-order valence-corrected chi connectivity index (χ2v) is 6.77. The molecule has 128 valence electrons. The molecule has 0 aromatic heterocycles. The average Bonchev–Trinajstić information content (AvgIpc) is 2.44. The number of carbonyl (C=O) groups is 2. The molecule has 0 aliphatic rings. The molecule has 0 spiro atoms. The van der Waals surface area contributed by atoms with Crippen molar-refractivity contribution in [1.82, 2.24) is 5.32 Å². The van der Waals surface area contributed by atoms with Gasteiger partial charge in [0.2, 0.25) is 5.91 Å². The SMILES string of the molecule is CC(C)(C)OCCC(NC(=O)CCc1ccc(Cl)cc1)C(=O)O. The Balaban J connectivity index is 2.41. The molecule has 0 aliphatic heterocycles. The summed E-state index contributed by atoms with van der Waals surface area (Å²) in [6.07, 6.45) is 0.999. The Morgan fingerprint density at radius 1 is 1.26 bits per heavy atom. The molecule has 0 saturated carbocycles. The van der Waals surface area contributed by atoms with Crippen LogP contribution >= 0.6 is 11.6 Å². The molecule has 0 bridgehead atoms. The predicted octanol–water partition coefficient (Wildman–Crippen LogP) is 3.05. The van der Waals surface area contributed by atoms with E-state index < -0.39 is 12.0 Å². The minimum Gasteiger partial charge on any atom is -0.480 e. The fourth-order valence-electron chi connectivity index (χ4n) is 1.92. The highest BCUT2D eigenvalue weighted by Crippen LogP contribution is 2.11. The van der Waals surface area contributed by atoms with Crippen molar-refractivity contribution in [2.45, 2.75) is 51.7 Å². The maximum absolute atomic E-state index is 11.9. The number of rotatable bonds is 8. The summed E-state index contributed by atoms with van der Waals surface area (Å²) >= 11 is 5.80. The quantitative estimate of drug-likeness (QED) is 0.762. The number of hydrogen-bond donors (Lipinski definition) is 2. The lowest BCUT2D eigenvalue weighted by molar-refractivity contribution is -0.142. The minimum atomic E-state index is -1.05. The van der Waals surface area contributed by atoms with E-state index in [1.165, 1.54) is 0 Å². The zero-order chi connectivity index (χ0) is 17.5. The van der Waals surface area contributed by atoms with Crippen LogP contribution in [-0.4, -0.2) is 35.2 Å². The van der Waals surface area contributed by atoms with E-state index in [9.17, 15) is 14.7 Å². The van der Waals surface area contributed by atoms with Crippen LogP contribution in [0.15, 0.2) is 24.3 Å². The number of carbonyl (C=O) groups excluding carboxylic acids is 1. The van der Waals surface area contributed by atoms with Gasteiger partial charge >= 0.3 is 5.97 Å². The van der Waals surface area contributed by atoms with E-state index in [1.807, 2.05) is 32.9 Å². The normalized spacial score (nSPS) is 12.7. The van der Waals surface area contributed by atoms with Crippen LogP contribution in [0.1, 0.15) is 39.2 Å². The second-order valence-electron chi connectivity index (χ2n) is 6.33. The molecule has 1 atom stereocenters. The Hall–Kier alpha value is -1.59. The number of ether oxygens (including phenoxy) is 1. The van der Waals surface area contributed by atoms with Gasteiger partial charge in [-0.1, -0.05) is 23.7 Å². The van der Waals surface area contributed by atoms with Crippen molar-refractivity contribution in [3.05, 3.63) is 34.9 Å². The van der Waals surface area contributed by atoms with Crippen molar-refractivity contribution in [3.8, 4) is 0 Å². The van der Waals surface area contributed by atoms with Crippen LogP contribution < -0.4 is 5.32 Å². The van der Waals surface area contributed by atoms with Crippen molar-refractivity contribution >= 4 is 23.5 Å². The van der Waals surface area contributed by atoms with Gasteiger partial charge in [0.15, 0.2) is 0 Å². The topological polar surface area (TPSA) is 75.6 Å². The molecule has 0 aliphatic carbocycles. The molecule has 0 radical (unpaired) electrons. The first-order valence-electron chi connectivity index (χ1n) is 7.58. The van der Waals surface area contributed by atoms with Gasteiger partial charge in [-0.15, -0.1) is 0 Å². The van der Waals surface area contributed by atoms with Gasteiger partial charge in [0.25, 0.3) is 0 Å². The fraction of sp³-hybridized carbons (Fsp3) is 0.529. The number of nitrogens with one attached hydrogen (secondary N) is 1. The standard InChI is InChI=1S/C17H24ClNO4/c1-17(2,3)23-11-10-14(16(21)22)19-15(20)9-6-12-4-7-13(18)8-5-12/h4-5,7-8,14H,6,9-11H2,1-3H3,(H,19,20)(H,21,22). The largest absolute Gasteiger partial charge is 0.480 e. The molecule has 6 heteroatoms. The van der Waals surface area contributed by atoms with Gasteiger partial charge in [0.1, 0.15) is 6.04 Å². The molecule has 1 rings (SSSR count). The van der Waals surface area contributed by atoms with E-state index in [4.69, 9.17) is 16.3 Å². The summed E-state index contributed by atoms with van der Waals surface area (Å²) in [7, 11) is 0. The van der Waals surface area contributed by atoms with Crippen molar-refractivity contribution in [1.29, 1.82) is 0 Å². The summed E-state index contributed by atoms with van der Waals surface area (Å²) in [4.78, 5) is 23.1. The van der Waals surface area contributed by atoms with Crippen molar-refractivity contribution in [2.75, 3.05) is 6.61 Å². The van der Waals surface area contributed by atoms with Crippen LogP contribution in [0, 0.1) is 0 Å². The molecule has 1 amide bonds. The first kappa shape index (κ1) is 19.5. The average molecular weight is 342 g/mol. The number of aliphatic carboxylic acids is 1. The third-order valence-corrected chi connectivity index (χ3v) is 3.38. The Morgan fingerprint density at radius 2 is 1.87 bits per heavy atom. The van der Waals surface area contributed by atoms with Gasteiger partial charge in [-0.25, -0.2) is 4.79 Å². The lowest BCUT2D eigenvalue weighted by atomic mass is 10.1. The zero-order valence-electron chi connectivity index (χ0n) is 13.8. The number of benzene rings is 1. The molecule has 1 aromatic carbocycles. The summed E-state index contributed by atoms with van der Waals surface area (Å²) in [6.45, 7) is 5.96. The van der Waals surface area contributed by atoms with Gasteiger partial charge in [0, 0.05) is 24.5 Å². The number of halogens is 1. The van der Waals surface area contributed by atoms with E-state index in [2.05, 4.69) is 5.32 Å².